The highest BCUT2D eigenvalue weighted by molar-refractivity contribution is 5.30. The smallest absolute Gasteiger partial charge is 0.141 e. The molecule has 0 fully saturated rings. The van der Waals surface area contributed by atoms with Crippen LogP contribution in [0.1, 0.15) is 23.9 Å². The molecule has 0 spiro atoms. The maximum Gasteiger partial charge on any atom is 0.141 e. The molecule has 0 saturated carbocycles. The summed E-state index contributed by atoms with van der Waals surface area (Å²) >= 11 is 0. The Morgan fingerprint density at radius 3 is 2.85 bits per heavy atom. The highest BCUT2D eigenvalue weighted by atomic mass is 19.1. The van der Waals surface area contributed by atoms with Crippen molar-refractivity contribution in [2.45, 2.75) is 32.9 Å². The summed E-state index contributed by atoms with van der Waals surface area (Å²) in [4.78, 5) is 8.24. The number of pyridine rings is 2. The first-order valence-electron chi connectivity index (χ1n) is 6.49. The quantitative estimate of drug-likeness (QED) is 0.910. The van der Waals surface area contributed by atoms with Crippen LogP contribution in [0, 0.1) is 12.7 Å². The molecule has 0 amide bonds. The SMILES string of the molecule is Cc1ccc(OCc2cncc(F)c2)c(CC(C)N)n1. The molecule has 0 aliphatic heterocycles. The molecular formula is C15H18FN3O. The standard InChI is InChI=1S/C15H18FN3O/c1-10(17)5-14-15(4-3-11(2)19-14)20-9-12-6-13(16)8-18-7-12/h3-4,6-8,10H,5,9,17H2,1-2H3. The Labute approximate surface area is 117 Å². The molecular weight excluding hydrogens is 257 g/mol. The fourth-order valence-corrected chi connectivity index (χ4v) is 1.88. The third kappa shape index (κ3) is 3.99. The molecule has 0 aliphatic rings. The van der Waals surface area contributed by atoms with Crippen LogP contribution in [-0.2, 0) is 13.0 Å². The lowest BCUT2D eigenvalue weighted by Crippen LogP contribution is -2.19. The molecule has 1 atom stereocenters. The Hall–Kier alpha value is -2.01. The van der Waals surface area contributed by atoms with Gasteiger partial charge in [-0.25, -0.2) is 4.39 Å². The van der Waals surface area contributed by atoms with Crippen molar-refractivity contribution in [3.8, 4) is 5.75 Å². The van der Waals surface area contributed by atoms with Crippen molar-refractivity contribution in [3.05, 3.63) is 53.4 Å². The number of hydrogen-bond acceptors (Lipinski definition) is 4. The number of nitrogens with zero attached hydrogens (tertiary/aromatic N) is 2. The minimum atomic E-state index is -0.371. The van der Waals surface area contributed by atoms with Crippen LogP contribution in [0.25, 0.3) is 0 Å². The van der Waals surface area contributed by atoms with Crippen LogP contribution < -0.4 is 10.5 Å². The maximum atomic E-state index is 13.1. The molecule has 106 valence electrons. The number of nitrogens with two attached hydrogens (primary N) is 1. The molecule has 2 aromatic heterocycles. The van der Waals surface area contributed by atoms with Crippen LogP contribution >= 0.6 is 0 Å². The largest absolute Gasteiger partial charge is 0.487 e. The summed E-state index contributed by atoms with van der Waals surface area (Å²) < 4.78 is 18.8. The summed E-state index contributed by atoms with van der Waals surface area (Å²) in [6.07, 6.45) is 3.38. The molecule has 0 aromatic carbocycles. The lowest BCUT2D eigenvalue weighted by atomic mass is 10.1. The third-order valence-electron chi connectivity index (χ3n) is 2.74. The molecule has 0 aliphatic carbocycles. The molecule has 1 unspecified atom stereocenters. The van der Waals surface area contributed by atoms with Crippen LogP contribution in [0.15, 0.2) is 30.6 Å². The van der Waals surface area contributed by atoms with E-state index in [0.717, 1.165) is 11.4 Å². The van der Waals surface area contributed by atoms with Gasteiger partial charge < -0.3 is 10.5 Å². The van der Waals surface area contributed by atoms with Gasteiger partial charge in [0.25, 0.3) is 0 Å². The van der Waals surface area contributed by atoms with E-state index in [0.29, 0.717) is 17.7 Å². The van der Waals surface area contributed by atoms with Gasteiger partial charge in [-0.3, -0.25) is 9.97 Å². The number of aryl methyl sites for hydroxylation is 1. The predicted octanol–water partition coefficient (Wildman–Crippen LogP) is 2.39. The van der Waals surface area contributed by atoms with Gasteiger partial charge in [-0.05, 0) is 32.0 Å². The van der Waals surface area contributed by atoms with Gasteiger partial charge in [0.1, 0.15) is 18.2 Å². The van der Waals surface area contributed by atoms with Crippen molar-refractivity contribution in [1.29, 1.82) is 0 Å². The summed E-state index contributed by atoms with van der Waals surface area (Å²) in [6, 6.07) is 5.15. The van der Waals surface area contributed by atoms with Gasteiger partial charge >= 0.3 is 0 Å². The van der Waals surface area contributed by atoms with Gasteiger partial charge in [-0.2, -0.15) is 0 Å². The molecule has 0 radical (unpaired) electrons. The molecule has 2 rings (SSSR count). The second-order valence-electron chi connectivity index (χ2n) is 4.88. The number of aromatic nitrogens is 2. The first kappa shape index (κ1) is 14.4. The second kappa shape index (κ2) is 6.43. The molecule has 2 aromatic rings. The highest BCUT2D eigenvalue weighted by Crippen LogP contribution is 2.19. The van der Waals surface area contributed by atoms with Gasteiger partial charge in [-0.15, -0.1) is 0 Å². The molecule has 20 heavy (non-hydrogen) atoms. The van der Waals surface area contributed by atoms with Crippen molar-refractivity contribution in [2.24, 2.45) is 5.73 Å². The third-order valence-corrected chi connectivity index (χ3v) is 2.74. The van der Waals surface area contributed by atoms with E-state index in [1.165, 1.54) is 12.3 Å². The number of rotatable bonds is 5. The van der Waals surface area contributed by atoms with Gasteiger partial charge in [0, 0.05) is 29.9 Å². The zero-order chi connectivity index (χ0) is 14.5. The van der Waals surface area contributed by atoms with E-state index in [9.17, 15) is 4.39 Å². The zero-order valence-electron chi connectivity index (χ0n) is 11.6. The van der Waals surface area contributed by atoms with Crippen LogP contribution in [0.3, 0.4) is 0 Å². The Morgan fingerprint density at radius 1 is 1.35 bits per heavy atom. The fourth-order valence-electron chi connectivity index (χ4n) is 1.88. The lowest BCUT2D eigenvalue weighted by Gasteiger charge is -2.13. The first-order valence-corrected chi connectivity index (χ1v) is 6.49. The van der Waals surface area contributed by atoms with E-state index in [4.69, 9.17) is 10.5 Å². The van der Waals surface area contributed by atoms with E-state index >= 15 is 0 Å². The summed E-state index contributed by atoms with van der Waals surface area (Å²) in [5.41, 5.74) is 8.23. The average molecular weight is 275 g/mol. The number of ether oxygens (including phenoxy) is 1. The van der Waals surface area contributed by atoms with Crippen LogP contribution in [0.4, 0.5) is 4.39 Å². The van der Waals surface area contributed by atoms with Gasteiger partial charge in [-0.1, -0.05) is 0 Å². The Balaban J connectivity index is 2.12. The van der Waals surface area contributed by atoms with Crippen molar-refractivity contribution in [3.63, 3.8) is 0 Å². The molecule has 2 heterocycles. The van der Waals surface area contributed by atoms with E-state index in [1.54, 1.807) is 6.20 Å². The Bertz CT molecular complexity index is 587. The van der Waals surface area contributed by atoms with E-state index in [1.807, 2.05) is 26.0 Å². The minimum Gasteiger partial charge on any atom is -0.487 e. The van der Waals surface area contributed by atoms with Crippen LogP contribution in [-0.4, -0.2) is 16.0 Å². The highest BCUT2D eigenvalue weighted by Gasteiger charge is 2.09. The second-order valence-corrected chi connectivity index (χ2v) is 4.88. The molecule has 2 N–H and O–H groups in total. The maximum absolute atomic E-state index is 13.1. The summed E-state index contributed by atoms with van der Waals surface area (Å²) in [7, 11) is 0. The van der Waals surface area contributed by atoms with Crippen LogP contribution in [0.2, 0.25) is 0 Å². The summed E-state index contributed by atoms with van der Waals surface area (Å²) in [5.74, 6) is 0.307. The van der Waals surface area contributed by atoms with E-state index in [2.05, 4.69) is 9.97 Å². The minimum absolute atomic E-state index is 0.00230. The van der Waals surface area contributed by atoms with Gasteiger partial charge in [0.15, 0.2) is 0 Å². The topological polar surface area (TPSA) is 61.0 Å². The predicted molar refractivity (Wildman–Crippen MR) is 74.9 cm³/mol. The van der Waals surface area contributed by atoms with Gasteiger partial charge in [0.05, 0.1) is 11.9 Å². The monoisotopic (exact) mass is 275 g/mol. The van der Waals surface area contributed by atoms with Crippen molar-refractivity contribution >= 4 is 0 Å². The van der Waals surface area contributed by atoms with E-state index < -0.39 is 0 Å². The van der Waals surface area contributed by atoms with E-state index in [-0.39, 0.29) is 18.5 Å². The summed E-state index contributed by atoms with van der Waals surface area (Å²) in [5, 5.41) is 0. The zero-order valence-corrected chi connectivity index (χ0v) is 11.6. The number of hydrogen-bond donors (Lipinski definition) is 1. The molecule has 5 heteroatoms. The van der Waals surface area contributed by atoms with Crippen molar-refractivity contribution < 1.29 is 9.13 Å². The lowest BCUT2D eigenvalue weighted by molar-refractivity contribution is 0.299. The average Bonchev–Trinajstić information content (AvgIpc) is 2.37. The van der Waals surface area contributed by atoms with Crippen molar-refractivity contribution in [2.75, 3.05) is 0 Å². The van der Waals surface area contributed by atoms with Crippen LogP contribution in [0.5, 0.6) is 5.75 Å². The first-order chi connectivity index (χ1) is 9.54. The Kier molecular flexibility index (Phi) is 4.63. The Morgan fingerprint density at radius 2 is 2.15 bits per heavy atom. The number of halogens is 1. The normalized spacial score (nSPS) is 12.2. The van der Waals surface area contributed by atoms with Gasteiger partial charge in [0.2, 0.25) is 0 Å². The molecule has 0 saturated heterocycles. The summed E-state index contributed by atoms with van der Waals surface area (Å²) in [6.45, 7) is 4.09. The fraction of sp³-hybridized carbons (Fsp3) is 0.333. The van der Waals surface area contributed by atoms with Crippen molar-refractivity contribution in [1.82, 2.24) is 9.97 Å². The molecule has 0 bridgehead atoms. The molecule has 4 nitrogen and oxygen atoms in total.